The Hall–Kier alpha value is -3.27. The SMILES string of the molecule is CC(C)(C)C1=CN2CCC1CC2.CC(C)(C)c1cnccn1.CC(C)(C)c1cncnc1.CC(C)C.CC(C)C1CN2CCC1CC2.CC(C)OC1CN2CCC1CC2.c1ccncc1. The molecule has 0 aromatic carbocycles. The normalized spacial score (nSPS) is 24.2. The third-order valence-electron chi connectivity index (χ3n) is 13.1. The molecule has 3 aromatic rings. The molecular formula is C56H96N8O. The van der Waals surface area contributed by atoms with Crippen LogP contribution in [-0.2, 0) is 15.6 Å². The van der Waals surface area contributed by atoms with Crippen LogP contribution < -0.4 is 0 Å². The van der Waals surface area contributed by atoms with Gasteiger partial charge in [0.15, 0.2) is 0 Å². The van der Waals surface area contributed by atoms with E-state index in [-0.39, 0.29) is 10.8 Å². The third kappa shape index (κ3) is 21.5. The number of piperidine rings is 7. The van der Waals surface area contributed by atoms with Crippen molar-refractivity contribution in [2.75, 3.05) is 52.4 Å². The number of allylic oxidation sites excluding steroid dienone is 1. The van der Waals surface area contributed by atoms with Crippen LogP contribution in [0.2, 0.25) is 0 Å². The molecule has 12 rings (SSSR count). The molecule has 0 aliphatic carbocycles. The molecule has 7 saturated heterocycles. The van der Waals surface area contributed by atoms with E-state index in [2.05, 4.69) is 157 Å². The van der Waals surface area contributed by atoms with Crippen molar-refractivity contribution in [2.24, 2.45) is 40.9 Å². The molecule has 12 heterocycles. The van der Waals surface area contributed by atoms with Gasteiger partial charge in [-0.05, 0) is 154 Å². The number of hydrogen-bond acceptors (Lipinski definition) is 9. The first-order valence-electron chi connectivity index (χ1n) is 25.5. The van der Waals surface area contributed by atoms with Crippen LogP contribution >= 0.6 is 0 Å². The van der Waals surface area contributed by atoms with Gasteiger partial charge in [0.2, 0.25) is 0 Å². The smallest absolute Gasteiger partial charge is 0.115 e. The molecule has 2 atom stereocenters. The Labute approximate surface area is 399 Å². The maximum absolute atomic E-state index is 5.88. The van der Waals surface area contributed by atoms with Gasteiger partial charge in [-0.3, -0.25) is 15.0 Å². The molecule has 65 heavy (non-hydrogen) atoms. The fraction of sp³-hybridized carbons (Fsp3) is 0.732. The maximum Gasteiger partial charge on any atom is 0.115 e. The Kier molecular flexibility index (Phi) is 23.7. The highest BCUT2D eigenvalue weighted by molar-refractivity contribution is 5.19. The van der Waals surface area contributed by atoms with Gasteiger partial charge in [0.05, 0.1) is 17.9 Å². The molecular weight excluding hydrogens is 801 g/mol. The van der Waals surface area contributed by atoms with Crippen molar-refractivity contribution in [2.45, 2.75) is 172 Å². The number of fused-ring (bicyclic) bond motifs is 8. The summed E-state index contributed by atoms with van der Waals surface area (Å²) in [5.74, 6) is 5.58. The van der Waals surface area contributed by atoms with Crippen molar-refractivity contribution in [1.29, 1.82) is 0 Å². The molecule has 2 unspecified atom stereocenters. The molecule has 0 N–H and O–H groups in total. The summed E-state index contributed by atoms with van der Waals surface area (Å²) in [5, 5.41) is 0. The minimum Gasteiger partial charge on any atom is -0.377 e. The number of ether oxygens (including phenoxy) is 1. The van der Waals surface area contributed by atoms with E-state index in [1.165, 1.54) is 96.4 Å². The predicted octanol–water partition coefficient (Wildman–Crippen LogP) is 12.4. The quantitative estimate of drug-likeness (QED) is 0.255. The summed E-state index contributed by atoms with van der Waals surface area (Å²) >= 11 is 0. The Morgan fingerprint density at radius 1 is 0.554 bits per heavy atom. The molecule has 0 spiro atoms. The van der Waals surface area contributed by atoms with Crippen molar-refractivity contribution in [3.8, 4) is 0 Å². The number of hydrogen-bond donors (Lipinski definition) is 0. The average Bonchev–Trinajstić information content (AvgIpc) is 3.29. The van der Waals surface area contributed by atoms with Gasteiger partial charge in [-0.1, -0.05) is 103 Å². The van der Waals surface area contributed by atoms with Crippen molar-refractivity contribution in [3.63, 3.8) is 0 Å². The van der Waals surface area contributed by atoms with E-state index in [0.717, 1.165) is 41.2 Å². The monoisotopic (exact) mass is 897 g/mol. The minimum atomic E-state index is 0.119. The van der Waals surface area contributed by atoms with Gasteiger partial charge in [-0.25, -0.2) is 9.97 Å². The number of pyridine rings is 1. The second-order valence-electron chi connectivity index (χ2n) is 23.5. The summed E-state index contributed by atoms with van der Waals surface area (Å²) < 4.78 is 5.88. The Bertz CT molecular complexity index is 1590. The number of rotatable bonds is 3. The number of nitrogens with zero attached hydrogens (tertiary/aromatic N) is 8. The van der Waals surface area contributed by atoms with Crippen molar-refractivity contribution in [3.05, 3.63) is 90.9 Å². The lowest BCUT2D eigenvalue weighted by Crippen LogP contribution is -2.51. The summed E-state index contributed by atoms with van der Waals surface area (Å²) in [4.78, 5) is 27.5. The second-order valence-corrected chi connectivity index (χ2v) is 23.5. The zero-order chi connectivity index (χ0) is 48.2. The lowest BCUT2D eigenvalue weighted by Gasteiger charge is -2.46. The molecule has 3 aromatic heterocycles. The van der Waals surface area contributed by atoms with Crippen molar-refractivity contribution < 1.29 is 4.74 Å². The fourth-order valence-corrected chi connectivity index (χ4v) is 9.31. The van der Waals surface area contributed by atoms with Crippen LogP contribution in [0.4, 0.5) is 0 Å². The van der Waals surface area contributed by atoms with Gasteiger partial charge in [0.25, 0.3) is 0 Å². The summed E-state index contributed by atoms with van der Waals surface area (Å²) in [6.07, 6.45) is 25.8. The van der Waals surface area contributed by atoms with Crippen LogP contribution in [0.25, 0.3) is 0 Å². The van der Waals surface area contributed by atoms with E-state index in [9.17, 15) is 0 Å². The van der Waals surface area contributed by atoms with Crippen LogP contribution in [0.1, 0.15) is 161 Å². The zero-order valence-electron chi connectivity index (χ0n) is 44.4. The molecule has 9 nitrogen and oxygen atoms in total. The average molecular weight is 897 g/mol. The highest BCUT2D eigenvalue weighted by Crippen LogP contribution is 2.41. The van der Waals surface area contributed by atoms with Gasteiger partial charge in [-0.2, -0.15) is 0 Å². The third-order valence-corrected chi connectivity index (χ3v) is 13.1. The predicted molar refractivity (Wildman–Crippen MR) is 275 cm³/mol. The van der Waals surface area contributed by atoms with Gasteiger partial charge >= 0.3 is 0 Å². The first-order valence-corrected chi connectivity index (χ1v) is 25.5. The Morgan fingerprint density at radius 2 is 1.09 bits per heavy atom. The van der Waals surface area contributed by atoms with Crippen LogP contribution in [0.5, 0.6) is 0 Å². The summed E-state index contributed by atoms with van der Waals surface area (Å²) in [5.41, 5.74) is 4.57. The molecule has 9 aliphatic heterocycles. The lowest BCUT2D eigenvalue weighted by molar-refractivity contribution is -0.0921. The van der Waals surface area contributed by atoms with E-state index < -0.39 is 0 Å². The largest absolute Gasteiger partial charge is 0.377 e. The molecule has 366 valence electrons. The standard InChI is InChI=1S/C11H19N.C10H19NO.C10H19N.2C8H12N2.C5H5N.C4H10/c1-11(2,3)10-8-12-6-4-9(10)5-7-12;1-8(2)12-10-7-11-5-3-9(10)4-6-11;1-8(2)10-7-11-5-3-9(10)4-6-11;1-8(2,3)7-4-9-6-10-5-7;1-8(2,3)7-6-9-4-5-10-7;1-2-4-6-5-3-1;1-4(2)3/h8-9H,4-7H2,1-3H3;8-10H,3-7H2,1-2H3;8-10H,3-7H2,1-2H3;2*4-6H,1-3H3;1-5H;4H,1-3H3. The van der Waals surface area contributed by atoms with Crippen LogP contribution in [0.15, 0.2) is 79.7 Å². The molecule has 7 fully saturated rings. The van der Waals surface area contributed by atoms with E-state index in [0.29, 0.717) is 17.6 Å². The first kappa shape index (κ1) is 56.1. The van der Waals surface area contributed by atoms with E-state index in [1.807, 2.05) is 30.6 Å². The van der Waals surface area contributed by atoms with Crippen LogP contribution in [0.3, 0.4) is 0 Å². The molecule has 9 heteroatoms. The number of aromatic nitrogens is 5. The first-order chi connectivity index (χ1) is 30.5. The minimum absolute atomic E-state index is 0.119. The van der Waals surface area contributed by atoms with Gasteiger partial charge in [-0.15, -0.1) is 0 Å². The van der Waals surface area contributed by atoms with Gasteiger partial charge in [0.1, 0.15) is 6.33 Å². The van der Waals surface area contributed by atoms with E-state index >= 15 is 0 Å². The van der Waals surface area contributed by atoms with E-state index in [4.69, 9.17) is 4.74 Å². The van der Waals surface area contributed by atoms with Crippen molar-refractivity contribution >= 4 is 0 Å². The Balaban J connectivity index is 0.000000206. The van der Waals surface area contributed by atoms with Gasteiger partial charge < -0.3 is 19.4 Å². The topological polar surface area (TPSA) is 83.4 Å². The zero-order valence-corrected chi connectivity index (χ0v) is 44.4. The fourth-order valence-electron chi connectivity index (χ4n) is 9.31. The Morgan fingerprint density at radius 3 is 1.35 bits per heavy atom. The summed E-state index contributed by atoms with van der Waals surface area (Å²) in [7, 11) is 0. The maximum atomic E-state index is 5.88. The molecule has 0 radical (unpaired) electrons. The highest BCUT2D eigenvalue weighted by atomic mass is 16.5. The van der Waals surface area contributed by atoms with Crippen molar-refractivity contribution in [1.82, 2.24) is 39.6 Å². The van der Waals surface area contributed by atoms with Crippen LogP contribution in [0, 0.1) is 40.9 Å². The molecule has 9 aliphatic rings. The van der Waals surface area contributed by atoms with Crippen LogP contribution in [-0.4, -0.2) is 104 Å². The van der Waals surface area contributed by atoms with E-state index in [1.54, 1.807) is 42.9 Å². The molecule has 0 amide bonds. The summed E-state index contributed by atoms with van der Waals surface area (Å²) in [6, 6.07) is 5.72. The second kappa shape index (κ2) is 27.5. The lowest BCUT2D eigenvalue weighted by atomic mass is 9.73. The summed E-state index contributed by atoms with van der Waals surface area (Å²) in [6.45, 7) is 45.9. The molecule has 0 saturated carbocycles. The van der Waals surface area contributed by atoms with Gasteiger partial charge in [0, 0.05) is 75.0 Å². The highest BCUT2D eigenvalue weighted by Gasteiger charge is 2.36. The molecule has 6 bridgehead atoms.